The predicted molar refractivity (Wildman–Crippen MR) is 45.6 cm³/mol. The molecule has 3 heteroatoms. The van der Waals surface area contributed by atoms with Crippen LogP contribution in [0.4, 0.5) is 0 Å². The van der Waals surface area contributed by atoms with Crippen LogP contribution in [-0.4, -0.2) is 22.4 Å². The summed E-state index contributed by atoms with van der Waals surface area (Å²) < 4.78 is 0. The smallest absolute Gasteiger partial charge is 0.100 e. The third-order valence-electron chi connectivity index (χ3n) is 1.95. The minimum atomic E-state index is -0.382. The van der Waals surface area contributed by atoms with Crippen LogP contribution in [-0.2, 0) is 9.78 Å². The van der Waals surface area contributed by atoms with E-state index in [4.69, 9.17) is 9.78 Å². The van der Waals surface area contributed by atoms with Gasteiger partial charge < -0.3 is 5.11 Å². The fourth-order valence-corrected chi connectivity index (χ4v) is 1.50. The van der Waals surface area contributed by atoms with Gasteiger partial charge in [-0.2, -0.15) is 0 Å². The van der Waals surface area contributed by atoms with Crippen LogP contribution < -0.4 is 0 Å². The second-order valence-corrected chi connectivity index (χ2v) is 4.75. The topological polar surface area (TPSA) is 38.7 Å². The summed E-state index contributed by atoms with van der Waals surface area (Å²) >= 11 is 0. The number of rotatable bonds is 0. The molecule has 0 aromatic rings. The first-order chi connectivity index (χ1) is 5.31. The Kier molecular flexibility index (Phi) is 2.47. The zero-order valence-electron chi connectivity index (χ0n) is 8.26. The van der Waals surface area contributed by atoms with Crippen molar-refractivity contribution in [3.8, 4) is 0 Å². The minimum Gasteiger partial charge on any atom is -0.393 e. The van der Waals surface area contributed by atoms with Crippen molar-refractivity contribution in [2.24, 2.45) is 0 Å². The Morgan fingerprint density at radius 1 is 1.00 bits per heavy atom. The van der Waals surface area contributed by atoms with Gasteiger partial charge in [-0.3, -0.25) is 0 Å². The number of hydrogen-bond donors (Lipinski definition) is 1. The molecule has 0 saturated carbocycles. The van der Waals surface area contributed by atoms with Gasteiger partial charge in [-0.1, -0.05) is 0 Å². The maximum absolute atomic E-state index is 9.60. The Hall–Kier alpha value is -0.120. The second kappa shape index (κ2) is 2.98. The molecule has 0 aromatic carbocycles. The Balaban J connectivity index is 2.66. The molecular formula is C9H18O3. The van der Waals surface area contributed by atoms with E-state index in [-0.39, 0.29) is 17.3 Å². The summed E-state index contributed by atoms with van der Waals surface area (Å²) in [5, 5.41) is 9.60. The summed E-state index contributed by atoms with van der Waals surface area (Å²) in [6.45, 7) is 7.66. The van der Waals surface area contributed by atoms with Crippen LogP contribution in [0.1, 0.15) is 40.5 Å². The van der Waals surface area contributed by atoms with Gasteiger partial charge in [-0.05, 0) is 27.7 Å². The molecule has 1 rings (SSSR count). The number of hydrogen-bond acceptors (Lipinski definition) is 3. The molecule has 0 aliphatic carbocycles. The lowest BCUT2D eigenvalue weighted by Gasteiger charge is -2.24. The van der Waals surface area contributed by atoms with Gasteiger partial charge >= 0.3 is 0 Å². The van der Waals surface area contributed by atoms with E-state index in [1.807, 2.05) is 27.7 Å². The molecule has 1 N–H and O–H groups in total. The van der Waals surface area contributed by atoms with E-state index in [2.05, 4.69) is 0 Å². The zero-order chi connectivity index (χ0) is 9.41. The van der Waals surface area contributed by atoms with Gasteiger partial charge in [0.05, 0.1) is 6.10 Å². The molecule has 0 radical (unpaired) electrons. The molecule has 1 aliphatic rings. The van der Waals surface area contributed by atoms with E-state index in [1.54, 1.807) is 0 Å². The van der Waals surface area contributed by atoms with Gasteiger partial charge in [-0.25, -0.2) is 9.78 Å². The summed E-state index contributed by atoms with van der Waals surface area (Å²) in [6, 6.07) is 0. The summed E-state index contributed by atoms with van der Waals surface area (Å²) in [5.41, 5.74) is -0.764. The lowest BCUT2D eigenvalue weighted by Crippen LogP contribution is -2.27. The zero-order valence-corrected chi connectivity index (χ0v) is 8.26. The molecule has 1 aliphatic heterocycles. The van der Waals surface area contributed by atoms with Crippen LogP contribution in [0.15, 0.2) is 0 Å². The number of aliphatic hydroxyl groups excluding tert-OH is 1. The van der Waals surface area contributed by atoms with Crippen LogP contribution >= 0.6 is 0 Å². The molecule has 72 valence electrons. The van der Waals surface area contributed by atoms with Crippen molar-refractivity contribution < 1.29 is 14.9 Å². The predicted octanol–water partition coefficient (Wildman–Crippen LogP) is 1.65. The molecule has 3 nitrogen and oxygen atoms in total. The highest BCUT2D eigenvalue weighted by Crippen LogP contribution is 2.30. The van der Waals surface area contributed by atoms with E-state index < -0.39 is 0 Å². The molecule has 0 unspecified atom stereocenters. The van der Waals surface area contributed by atoms with Crippen LogP contribution in [0.3, 0.4) is 0 Å². The summed E-state index contributed by atoms with van der Waals surface area (Å²) in [4.78, 5) is 10.4. The number of aliphatic hydroxyl groups is 1. The standard InChI is InChI=1S/C9H18O3/c1-8(2)5-7(10)6-9(3,4)12-11-8/h7,10H,5-6H2,1-4H3. The first-order valence-corrected chi connectivity index (χ1v) is 4.36. The molecule has 0 aromatic heterocycles. The molecule has 1 saturated heterocycles. The van der Waals surface area contributed by atoms with E-state index in [0.717, 1.165) is 0 Å². The second-order valence-electron chi connectivity index (χ2n) is 4.75. The van der Waals surface area contributed by atoms with Gasteiger partial charge in [0.2, 0.25) is 0 Å². The molecular weight excluding hydrogens is 156 g/mol. The van der Waals surface area contributed by atoms with Crippen molar-refractivity contribution in [3.63, 3.8) is 0 Å². The average molecular weight is 174 g/mol. The van der Waals surface area contributed by atoms with Crippen molar-refractivity contribution >= 4 is 0 Å². The molecule has 0 bridgehead atoms. The summed E-state index contributed by atoms with van der Waals surface area (Å²) in [6.07, 6.45) is 0.907. The van der Waals surface area contributed by atoms with Crippen LogP contribution in [0.2, 0.25) is 0 Å². The fraction of sp³-hybridized carbons (Fsp3) is 1.00. The maximum atomic E-state index is 9.60. The van der Waals surface area contributed by atoms with E-state index in [0.29, 0.717) is 12.8 Å². The van der Waals surface area contributed by atoms with Gasteiger partial charge in [-0.15, -0.1) is 0 Å². The largest absolute Gasteiger partial charge is 0.393 e. The highest BCUT2D eigenvalue weighted by molar-refractivity contribution is 4.81. The SMILES string of the molecule is CC1(C)CC(O)CC(C)(C)OO1. The van der Waals surface area contributed by atoms with Crippen molar-refractivity contribution in [1.29, 1.82) is 0 Å². The lowest BCUT2D eigenvalue weighted by atomic mass is 9.94. The third-order valence-corrected chi connectivity index (χ3v) is 1.95. The van der Waals surface area contributed by atoms with Gasteiger partial charge in [0.25, 0.3) is 0 Å². The van der Waals surface area contributed by atoms with Crippen LogP contribution in [0.25, 0.3) is 0 Å². The minimum absolute atomic E-state index is 0.336. The van der Waals surface area contributed by atoms with E-state index in [9.17, 15) is 5.11 Å². The molecule has 0 spiro atoms. The average Bonchev–Trinajstić information content (AvgIpc) is 1.87. The highest BCUT2D eigenvalue weighted by atomic mass is 17.2. The quantitative estimate of drug-likeness (QED) is 0.567. The molecule has 0 amide bonds. The summed E-state index contributed by atoms with van der Waals surface area (Å²) in [7, 11) is 0. The molecule has 1 fully saturated rings. The molecule has 0 atom stereocenters. The van der Waals surface area contributed by atoms with Crippen molar-refractivity contribution in [1.82, 2.24) is 0 Å². The monoisotopic (exact) mass is 174 g/mol. The van der Waals surface area contributed by atoms with E-state index in [1.165, 1.54) is 0 Å². The highest BCUT2D eigenvalue weighted by Gasteiger charge is 2.35. The fourth-order valence-electron chi connectivity index (χ4n) is 1.50. The maximum Gasteiger partial charge on any atom is 0.100 e. The van der Waals surface area contributed by atoms with Crippen LogP contribution in [0, 0.1) is 0 Å². The van der Waals surface area contributed by atoms with Crippen molar-refractivity contribution in [3.05, 3.63) is 0 Å². The Morgan fingerprint density at radius 2 is 1.33 bits per heavy atom. The van der Waals surface area contributed by atoms with Gasteiger partial charge in [0, 0.05) is 12.8 Å². The summed E-state index contributed by atoms with van der Waals surface area (Å²) in [5.74, 6) is 0. The first-order valence-electron chi connectivity index (χ1n) is 4.36. The Morgan fingerprint density at radius 3 is 1.67 bits per heavy atom. The normalized spacial score (nSPS) is 29.8. The van der Waals surface area contributed by atoms with Crippen molar-refractivity contribution in [2.75, 3.05) is 0 Å². The lowest BCUT2D eigenvalue weighted by molar-refractivity contribution is -0.393. The van der Waals surface area contributed by atoms with Gasteiger partial charge in [0.1, 0.15) is 11.2 Å². The molecule has 12 heavy (non-hydrogen) atoms. The van der Waals surface area contributed by atoms with Crippen LogP contribution in [0.5, 0.6) is 0 Å². The Bertz CT molecular complexity index is 145. The van der Waals surface area contributed by atoms with Gasteiger partial charge in [0.15, 0.2) is 0 Å². The molecule has 1 heterocycles. The first kappa shape index (κ1) is 9.96. The van der Waals surface area contributed by atoms with Crippen molar-refractivity contribution in [2.45, 2.75) is 57.8 Å². The Labute approximate surface area is 73.6 Å². The van der Waals surface area contributed by atoms with E-state index >= 15 is 0 Å². The third kappa shape index (κ3) is 2.73.